The quantitative estimate of drug-likeness (QED) is 0.792. The van der Waals surface area contributed by atoms with Gasteiger partial charge in [0.25, 0.3) is 5.91 Å². The van der Waals surface area contributed by atoms with E-state index in [1.54, 1.807) is 18.2 Å². The van der Waals surface area contributed by atoms with Crippen molar-refractivity contribution in [3.05, 3.63) is 33.3 Å². The lowest BCUT2D eigenvalue weighted by atomic mass is 10.2. The van der Waals surface area contributed by atoms with Crippen molar-refractivity contribution in [2.24, 2.45) is 0 Å². The summed E-state index contributed by atoms with van der Waals surface area (Å²) >= 11 is 9.15. The lowest BCUT2D eigenvalue weighted by molar-refractivity contribution is 0.0953. The Morgan fingerprint density at radius 3 is 2.82 bits per heavy atom. The van der Waals surface area contributed by atoms with Gasteiger partial charge in [-0.05, 0) is 53.6 Å². The van der Waals surface area contributed by atoms with Gasteiger partial charge in [-0.3, -0.25) is 4.79 Å². The van der Waals surface area contributed by atoms with Gasteiger partial charge in [0.05, 0.1) is 5.02 Å². The summed E-state index contributed by atoms with van der Waals surface area (Å²) in [5, 5.41) is 6.67. The van der Waals surface area contributed by atoms with E-state index in [9.17, 15) is 4.79 Å². The molecular formula is C12H16BrClN2O. The van der Waals surface area contributed by atoms with Gasteiger partial charge in [-0.15, -0.1) is 0 Å². The third-order valence-electron chi connectivity index (χ3n) is 2.25. The molecule has 0 aromatic heterocycles. The average molecular weight is 320 g/mol. The molecule has 0 aliphatic heterocycles. The molecule has 94 valence electrons. The van der Waals surface area contributed by atoms with Crippen molar-refractivity contribution in [3.8, 4) is 0 Å². The SMILES string of the molecule is CCNCCCNC(=O)c1ccc(Cl)c(Br)c1. The van der Waals surface area contributed by atoms with E-state index in [0.717, 1.165) is 24.0 Å². The summed E-state index contributed by atoms with van der Waals surface area (Å²) in [7, 11) is 0. The number of carbonyl (C=O) groups is 1. The Labute approximate surface area is 115 Å². The number of hydrogen-bond acceptors (Lipinski definition) is 2. The molecule has 0 saturated heterocycles. The number of rotatable bonds is 6. The van der Waals surface area contributed by atoms with Crippen LogP contribution in [0.5, 0.6) is 0 Å². The minimum Gasteiger partial charge on any atom is -0.352 e. The van der Waals surface area contributed by atoms with E-state index < -0.39 is 0 Å². The molecule has 0 atom stereocenters. The molecule has 0 unspecified atom stereocenters. The number of halogens is 2. The van der Waals surface area contributed by atoms with Crippen LogP contribution in [-0.2, 0) is 0 Å². The number of hydrogen-bond donors (Lipinski definition) is 2. The van der Waals surface area contributed by atoms with Gasteiger partial charge in [0.2, 0.25) is 0 Å². The second-order valence-corrected chi connectivity index (χ2v) is 4.85. The molecular weight excluding hydrogens is 304 g/mol. The Balaban J connectivity index is 2.39. The number of nitrogens with one attached hydrogen (secondary N) is 2. The maximum absolute atomic E-state index is 11.7. The van der Waals surface area contributed by atoms with Crippen molar-refractivity contribution >= 4 is 33.4 Å². The molecule has 1 aromatic carbocycles. The molecule has 0 aliphatic carbocycles. The summed E-state index contributed by atoms with van der Waals surface area (Å²) in [4.78, 5) is 11.7. The molecule has 17 heavy (non-hydrogen) atoms. The standard InChI is InChI=1S/C12H16BrClN2O/c1-2-15-6-3-7-16-12(17)9-4-5-11(14)10(13)8-9/h4-5,8,15H,2-3,6-7H2,1H3,(H,16,17). The van der Waals surface area contributed by atoms with E-state index in [1.807, 2.05) is 0 Å². The first kappa shape index (κ1) is 14.5. The van der Waals surface area contributed by atoms with Crippen molar-refractivity contribution in [2.75, 3.05) is 19.6 Å². The van der Waals surface area contributed by atoms with Crippen molar-refractivity contribution in [1.29, 1.82) is 0 Å². The average Bonchev–Trinajstić information content (AvgIpc) is 2.32. The maximum atomic E-state index is 11.7. The summed E-state index contributed by atoms with van der Waals surface area (Å²) in [5.41, 5.74) is 0.615. The fourth-order valence-electron chi connectivity index (χ4n) is 1.33. The smallest absolute Gasteiger partial charge is 0.251 e. The molecule has 0 heterocycles. The van der Waals surface area contributed by atoms with Crippen LogP contribution in [0.1, 0.15) is 23.7 Å². The van der Waals surface area contributed by atoms with E-state index >= 15 is 0 Å². The summed E-state index contributed by atoms with van der Waals surface area (Å²) in [6, 6.07) is 5.15. The third-order valence-corrected chi connectivity index (χ3v) is 3.46. The van der Waals surface area contributed by atoms with Crippen LogP contribution >= 0.6 is 27.5 Å². The van der Waals surface area contributed by atoms with Crippen molar-refractivity contribution in [3.63, 3.8) is 0 Å². The summed E-state index contributed by atoms with van der Waals surface area (Å²) in [6.45, 7) is 4.61. The molecule has 1 amide bonds. The van der Waals surface area contributed by atoms with Crippen LogP contribution in [0.15, 0.2) is 22.7 Å². The second kappa shape index (κ2) is 7.69. The normalized spacial score (nSPS) is 10.3. The molecule has 3 nitrogen and oxygen atoms in total. The Kier molecular flexibility index (Phi) is 6.55. The minimum atomic E-state index is -0.0705. The fraction of sp³-hybridized carbons (Fsp3) is 0.417. The predicted molar refractivity (Wildman–Crippen MR) is 74.6 cm³/mol. The second-order valence-electron chi connectivity index (χ2n) is 3.59. The monoisotopic (exact) mass is 318 g/mol. The molecule has 0 bridgehead atoms. The molecule has 5 heteroatoms. The largest absolute Gasteiger partial charge is 0.352 e. The van der Waals surface area contributed by atoms with Crippen LogP contribution in [-0.4, -0.2) is 25.5 Å². The van der Waals surface area contributed by atoms with Crippen LogP contribution in [0.3, 0.4) is 0 Å². The fourth-order valence-corrected chi connectivity index (χ4v) is 1.83. The molecule has 0 spiro atoms. The molecule has 1 rings (SSSR count). The highest BCUT2D eigenvalue weighted by Gasteiger charge is 2.06. The third kappa shape index (κ3) is 5.06. The summed E-state index contributed by atoms with van der Waals surface area (Å²) in [5.74, 6) is -0.0705. The number of benzene rings is 1. The van der Waals surface area contributed by atoms with Crippen molar-refractivity contribution < 1.29 is 4.79 Å². The van der Waals surface area contributed by atoms with E-state index in [-0.39, 0.29) is 5.91 Å². The highest BCUT2D eigenvalue weighted by atomic mass is 79.9. The van der Waals surface area contributed by atoms with Gasteiger partial charge in [0, 0.05) is 16.6 Å². The van der Waals surface area contributed by atoms with Crippen LogP contribution < -0.4 is 10.6 Å². The molecule has 0 aliphatic rings. The van der Waals surface area contributed by atoms with E-state index in [1.165, 1.54) is 0 Å². The Morgan fingerprint density at radius 1 is 1.41 bits per heavy atom. The lowest BCUT2D eigenvalue weighted by Gasteiger charge is -2.06. The van der Waals surface area contributed by atoms with Gasteiger partial charge in [-0.2, -0.15) is 0 Å². The topological polar surface area (TPSA) is 41.1 Å². The molecule has 1 aromatic rings. The predicted octanol–water partition coefficient (Wildman–Crippen LogP) is 2.83. The van der Waals surface area contributed by atoms with Crippen molar-refractivity contribution in [2.45, 2.75) is 13.3 Å². The Morgan fingerprint density at radius 2 is 2.18 bits per heavy atom. The zero-order chi connectivity index (χ0) is 12.7. The van der Waals surface area contributed by atoms with Crippen LogP contribution in [0, 0.1) is 0 Å². The maximum Gasteiger partial charge on any atom is 0.251 e. The van der Waals surface area contributed by atoms with Gasteiger partial charge in [0.15, 0.2) is 0 Å². The van der Waals surface area contributed by atoms with E-state index in [2.05, 4.69) is 33.5 Å². The zero-order valence-electron chi connectivity index (χ0n) is 9.72. The molecule has 0 saturated carbocycles. The van der Waals surface area contributed by atoms with Gasteiger partial charge < -0.3 is 10.6 Å². The van der Waals surface area contributed by atoms with Crippen LogP contribution in [0.2, 0.25) is 5.02 Å². The highest BCUT2D eigenvalue weighted by Crippen LogP contribution is 2.23. The Bertz CT molecular complexity index is 385. The molecule has 0 radical (unpaired) electrons. The van der Waals surface area contributed by atoms with Crippen LogP contribution in [0.4, 0.5) is 0 Å². The van der Waals surface area contributed by atoms with Gasteiger partial charge in [-0.25, -0.2) is 0 Å². The molecule has 2 N–H and O–H groups in total. The first-order valence-corrected chi connectivity index (χ1v) is 6.76. The van der Waals surface area contributed by atoms with Gasteiger partial charge in [0.1, 0.15) is 0 Å². The van der Waals surface area contributed by atoms with E-state index in [4.69, 9.17) is 11.6 Å². The molecule has 0 fully saturated rings. The summed E-state index contributed by atoms with van der Waals surface area (Å²) < 4.78 is 0.736. The number of carbonyl (C=O) groups excluding carboxylic acids is 1. The lowest BCUT2D eigenvalue weighted by Crippen LogP contribution is -2.27. The van der Waals surface area contributed by atoms with Gasteiger partial charge in [-0.1, -0.05) is 18.5 Å². The number of amides is 1. The Hall–Kier alpha value is -0.580. The summed E-state index contributed by atoms with van der Waals surface area (Å²) in [6.07, 6.45) is 0.925. The van der Waals surface area contributed by atoms with Crippen LogP contribution in [0.25, 0.3) is 0 Å². The highest BCUT2D eigenvalue weighted by molar-refractivity contribution is 9.10. The van der Waals surface area contributed by atoms with Gasteiger partial charge >= 0.3 is 0 Å². The zero-order valence-corrected chi connectivity index (χ0v) is 12.1. The van der Waals surface area contributed by atoms with Crippen molar-refractivity contribution in [1.82, 2.24) is 10.6 Å². The minimum absolute atomic E-state index is 0.0705. The van der Waals surface area contributed by atoms with E-state index in [0.29, 0.717) is 17.1 Å². The first-order chi connectivity index (χ1) is 8.15. The first-order valence-electron chi connectivity index (χ1n) is 5.59.